The molecule has 1 aliphatic rings. The van der Waals surface area contributed by atoms with E-state index in [2.05, 4.69) is 4.98 Å². The first-order valence-electron chi connectivity index (χ1n) is 9.80. The number of carbonyl (C=O) groups is 2. The van der Waals surface area contributed by atoms with Gasteiger partial charge in [0.1, 0.15) is 17.0 Å². The molecule has 1 fully saturated rings. The quantitative estimate of drug-likeness (QED) is 0.716. The van der Waals surface area contributed by atoms with Gasteiger partial charge in [-0.15, -0.1) is 0 Å². The number of aromatic nitrogens is 1. The highest BCUT2D eigenvalue weighted by atomic mass is 16.6. The maximum atomic E-state index is 12.8. The molecule has 0 bridgehead atoms. The van der Waals surface area contributed by atoms with Gasteiger partial charge in [0.25, 0.3) is 0 Å². The topological polar surface area (TPSA) is 72.0 Å². The minimum Gasteiger partial charge on any atom is -0.444 e. The summed E-state index contributed by atoms with van der Waals surface area (Å²) in [7, 11) is 1.64. The molecule has 0 radical (unpaired) electrons. The number of pyridine rings is 1. The van der Waals surface area contributed by atoms with Gasteiger partial charge in [0.15, 0.2) is 0 Å². The summed E-state index contributed by atoms with van der Waals surface area (Å²) in [6.07, 6.45) is 3.53. The Hall–Kier alpha value is -2.31. The Morgan fingerprint density at radius 2 is 1.75 bits per heavy atom. The van der Waals surface area contributed by atoms with Gasteiger partial charge in [-0.2, -0.15) is 0 Å². The number of piperidine rings is 1. The highest BCUT2D eigenvalue weighted by Gasteiger charge is 2.34. The van der Waals surface area contributed by atoms with Gasteiger partial charge in [-0.25, -0.2) is 14.6 Å². The molecule has 1 aliphatic heterocycles. The molecular formula is C21H33N3O4. The van der Waals surface area contributed by atoms with Crippen molar-refractivity contribution in [1.82, 2.24) is 9.88 Å². The van der Waals surface area contributed by atoms with Gasteiger partial charge in [0, 0.05) is 25.4 Å². The molecule has 1 aromatic rings. The summed E-state index contributed by atoms with van der Waals surface area (Å²) in [5, 5.41) is 0. The lowest BCUT2D eigenvalue weighted by Gasteiger charge is -2.38. The molecule has 2 rings (SSSR count). The Morgan fingerprint density at radius 3 is 2.36 bits per heavy atom. The summed E-state index contributed by atoms with van der Waals surface area (Å²) >= 11 is 0. The molecule has 156 valence electrons. The summed E-state index contributed by atoms with van der Waals surface area (Å²) in [4.78, 5) is 32.9. The van der Waals surface area contributed by atoms with Crippen LogP contribution in [0.1, 0.15) is 72.4 Å². The second-order valence-electron chi connectivity index (χ2n) is 9.14. The van der Waals surface area contributed by atoms with Crippen LogP contribution < -0.4 is 4.90 Å². The van der Waals surface area contributed by atoms with Gasteiger partial charge in [-0.3, -0.25) is 4.90 Å². The van der Waals surface area contributed by atoms with Crippen LogP contribution in [0.15, 0.2) is 18.3 Å². The van der Waals surface area contributed by atoms with Crippen LogP contribution in [-0.4, -0.2) is 46.9 Å². The third-order valence-electron chi connectivity index (χ3n) is 4.29. The summed E-state index contributed by atoms with van der Waals surface area (Å²) < 4.78 is 11.1. The van der Waals surface area contributed by atoms with Gasteiger partial charge >= 0.3 is 12.2 Å². The van der Waals surface area contributed by atoms with Crippen molar-refractivity contribution in [3.63, 3.8) is 0 Å². The molecule has 1 saturated heterocycles. The van der Waals surface area contributed by atoms with Crippen molar-refractivity contribution in [2.45, 2.75) is 78.0 Å². The van der Waals surface area contributed by atoms with E-state index < -0.39 is 17.3 Å². The number of carbonyl (C=O) groups excluding carboxylic acids is 2. The molecule has 0 aliphatic carbocycles. The fourth-order valence-electron chi connectivity index (χ4n) is 3.16. The van der Waals surface area contributed by atoms with Crippen molar-refractivity contribution >= 4 is 18.0 Å². The van der Waals surface area contributed by atoms with E-state index in [1.165, 1.54) is 4.90 Å². The molecule has 28 heavy (non-hydrogen) atoms. The number of likely N-dealkylation sites (tertiary alicyclic amines) is 1. The molecule has 2 amide bonds. The van der Waals surface area contributed by atoms with E-state index >= 15 is 0 Å². The first-order valence-corrected chi connectivity index (χ1v) is 9.80. The van der Waals surface area contributed by atoms with Crippen LogP contribution in [0.3, 0.4) is 0 Å². The Bertz CT molecular complexity index is 706. The van der Waals surface area contributed by atoms with Crippen LogP contribution in [0.5, 0.6) is 0 Å². The SMILES string of the molecule is CN(C(=O)OC(C)(C)C)c1ncccc1C1CCCCN1C(=O)OC(C)(C)C. The minimum atomic E-state index is -0.603. The predicted octanol–water partition coefficient (Wildman–Crippen LogP) is 4.92. The van der Waals surface area contributed by atoms with Gasteiger partial charge in [0.2, 0.25) is 0 Å². The molecule has 7 heteroatoms. The van der Waals surface area contributed by atoms with Crippen LogP contribution in [0.4, 0.5) is 15.4 Å². The molecule has 1 atom stereocenters. The molecule has 0 saturated carbocycles. The number of hydrogen-bond donors (Lipinski definition) is 0. The zero-order chi connectivity index (χ0) is 21.1. The van der Waals surface area contributed by atoms with E-state index in [9.17, 15) is 9.59 Å². The number of nitrogens with zero attached hydrogens (tertiary/aromatic N) is 3. The smallest absolute Gasteiger partial charge is 0.415 e. The third-order valence-corrected chi connectivity index (χ3v) is 4.29. The lowest BCUT2D eigenvalue weighted by atomic mass is 9.95. The van der Waals surface area contributed by atoms with Gasteiger partial charge in [-0.1, -0.05) is 6.07 Å². The predicted molar refractivity (Wildman–Crippen MR) is 108 cm³/mol. The number of amides is 2. The first-order chi connectivity index (χ1) is 12.9. The Kier molecular flexibility index (Phi) is 6.57. The average Bonchev–Trinajstić information content (AvgIpc) is 2.58. The summed E-state index contributed by atoms with van der Waals surface area (Å²) in [6.45, 7) is 11.7. The van der Waals surface area contributed by atoms with Crippen LogP contribution in [-0.2, 0) is 9.47 Å². The second kappa shape index (κ2) is 8.37. The largest absolute Gasteiger partial charge is 0.444 e. The van der Waals surface area contributed by atoms with Crippen LogP contribution in [0.25, 0.3) is 0 Å². The molecule has 0 N–H and O–H groups in total. The summed E-state index contributed by atoms with van der Waals surface area (Å²) in [5.74, 6) is 0.497. The first kappa shape index (κ1) is 22.0. The highest BCUT2D eigenvalue weighted by molar-refractivity contribution is 5.87. The second-order valence-corrected chi connectivity index (χ2v) is 9.14. The number of ether oxygens (including phenoxy) is 2. The highest BCUT2D eigenvalue weighted by Crippen LogP contribution is 2.36. The van der Waals surface area contributed by atoms with Crippen molar-refractivity contribution in [3.05, 3.63) is 23.9 Å². The van der Waals surface area contributed by atoms with Crippen molar-refractivity contribution in [2.24, 2.45) is 0 Å². The lowest BCUT2D eigenvalue weighted by Crippen LogP contribution is -2.42. The van der Waals surface area contributed by atoms with E-state index in [-0.39, 0.29) is 12.1 Å². The van der Waals surface area contributed by atoms with E-state index in [1.807, 2.05) is 53.7 Å². The third kappa shape index (κ3) is 5.84. The monoisotopic (exact) mass is 391 g/mol. The van der Waals surface area contributed by atoms with Crippen LogP contribution >= 0.6 is 0 Å². The molecular weight excluding hydrogens is 358 g/mol. The van der Waals surface area contributed by atoms with E-state index in [0.717, 1.165) is 24.8 Å². The van der Waals surface area contributed by atoms with Crippen molar-refractivity contribution in [3.8, 4) is 0 Å². The maximum Gasteiger partial charge on any atom is 0.415 e. The van der Waals surface area contributed by atoms with Crippen LogP contribution in [0.2, 0.25) is 0 Å². The zero-order valence-corrected chi connectivity index (χ0v) is 18.1. The Balaban J connectivity index is 2.32. The van der Waals surface area contributed by atoms with Gasteiger partial charge in [0.05, 0.1) is 6.04 Å². The van der Waals surface area contributed by atoms with E-state index in [4.69, 9.17) is 9.47 Å². The summed E-state index contributed by atoms with van der Waals surface area (Å²) in [6, 6.07) is 3.54. The molecule has 7 nitrogen and oxygen atoms in total. The maximum absolute atomic E-state index is 12.8. The molecule has 1 unspecified atom stereocenters. The fourth-order valence-corrected chi connectivity index (χ4v) is 3.16. The van der Waals surface area contributed by atoms with Crippen molar-refractivity contribution in [1.29, 1.82) is 0 Å². The number of rotatable bonds is 2. The average molecular weight is 392 g/mol. The molecule has 0 spiro atoms. The minimum absolute atomic E-state index is 0.197. The van der Waals surface area contributed by atoms with Gasteiger partial charge < -0.3 is 14.4 Å². The molecule has 0 aromatic carbocycles. The number of anilines is 1. The standard InChI is InChI=1S/C21H33N3O4/c1-20(2,3)27-18(25)23(7)17-15(11-10-13-22-17)16-12-8-9-14-24(16)19(26)28-21(4,5)6/h10-11,13,16H,8-9,12,14H2,1-7H3. The van der Waals surface area contributed by atoms with Crippen molar-refractivity contribution < 1.29 is 19.1 Å². The normalized spacial score (nSPS) is 17.8. The van der Waals surface area contributed by atoms with E-state index in [1.54, 1.807) is 18.1 Å². The summed E-state index contributed by atoms with van der Waals surface area (Å²) in [5.41, 5.74) is -0.348. The fraction of sp³-hybridized carbons (Fsp3) is 0.667. The van der Waals surface area contributed by atoms with Gasteiger partial charge in [-0.05, 0) is 66.9 Å². The van der Waals surface area contributed by atoms with Crippen LogP contribution in [0, 0.1) is 0 Å². The molecule has 1 aromatic heterocycles. The Morgan fingerprint density at radius 1 is 1.11 bits per heavy atom. The zero-order valence-electron chi connectivity index (χ0n) is 18.1. The lowest BCUT2D eigenvalue weighted by molar-refractivity contribution is 0.00955. The molecule has 2 heterocycles. The number of hydrogen-bond acceptors (Lipinski definition) is 5. The van der Waals surface area contributed by atoms with E-state index in [0.29, 0.717) is 12.4 Å². The Labute approximate surface area is 168 Å². The van der Waals surface area contributed by atoms with Crippen molar-refractivity contribution in [2.75, 3.05) is 18.5 Å².